The Kier molecular flexibility index (Phi) is 6.59. The number of nitrogens with zero attached hydrogens (tertiary/aromatic N) is 3. The van der Waals surface area contributed by atoms with Crippen molar-refractivity contribution in [2.45, 2.75) is 0 Å². The minimum Gasteiger partial charge on any atom is -0.307 e. The molecule has 0 amide bonds. The Labute approximate surface area is 92.2 Å². The van der Waals surface area contributed by atoms with Crippen LogP contribution >= 0.6 is 7.67 Å². The Bertz CT molecular complexity index is 209. The molecule has 0 rings (SSSR count). The first-order valence-corrected chi connectivity index (χ1v) is 6.25. The van der Waals surface area contributed by atoms with Gasteiger partial charge in [0.15, 0.2) is 0 Å². The zero-order chi connectivity index (χ0) is 12.1. The van der Waals surface area contributed by atoms with Gasteiger partial charge in [0.2, 0.25) is 0 Å². The first-order valence-electron chi connectivity index (χ1n) is 4.72. The third-order valence-electron chi connectivity index (χ3n) is 1.78. The van der Waals surface area contributed by atoms with Crippen LogP contribution in [0.2, 0.25) is 0 Å². The third-order valence-corrected chi connectivity index (χ3v) is 4.10. The zero-order valence-electron chi connectivity index (χ0n) is 10.4. The third kappa shape index (κ3) is 5.06. The quantitative estimate of drug-likeness (QED) is 0.282. The minimum absolute atomic E-state index is 0.388. The lowest BCUT2D eigenvalue weighted by atomic mass is 10.6. The largest absolute Gasteiger partial charge is 0.372 e. The van der Waals surface area contributed by atoms with Crippen LogP contribution < -0.4 is 0 Å². The number of hydrogen-bond acceptors (Lipinski definition) is 4. The first kappa shape index (κ1) is 15.0. The van der Waals surface area contributed by atoms with E-state index in [1.807, 2.05) is 19.0 Å². The van der Waals surface area contributed by atoms with Crippen LogP contribution in [0, 0.1) is 0 Å². The maximum atomic E-state index is 12.1. The van der Waals surface area contributed by atoms with Crippen LogP contribution in [-0.2, 0) is 14.1 Å². The molecule has 15 heavy (non-hydrogen) atoms. The molecule has 0 radical (unpaired) electrons. The molecule has 0 saturated heterocycles. The molecular formula is C8H22N3O3P. The predicted molar refractivity (Wildman–Crippen MR) is 60.6 cm³/mol. The lowest BCUT2D eigenvalue weighted by molar-refractivity contribution is -0.215. The lowest BCUT2D eigenvalue weighted by Crippen LogP contribution is -2.24. The van der Waals surface area contributed by atoms with Gasteiger partial charge in [-0.15, -0.1) is 4.67 Å². The van der Waals surface area contributed by atoms with Crippen molar-refractivity contribution < 1.29 is 14.1 Å². The van der Waals surface area contributed by atoms with E-state index in [4.69, 9.17) is 9.56 Å². The smallest absolute Gasteiger partial charge is 0.307 e. The average Bonchev–Trinajstić information content (AvgIpc) is 2.10. The summed E-state index contributed by atoms with van der Waals surface area (Å²) >= 11 is 0. The molecule has 0 aliphatic rings. The fourth-order valence-electron chi connectivity index (χ4n) is 0.817. The van der Waals surface area contributed by atoms with Crippen molar-refractivity contribution in [1.29, 1.82) is 0 Å². The van der Waals surface area contributed by atoms with E-state index >= 15 is 0 Å². The summed E-state index contributed by atoms with van der Waals surface area (Å²) < 4.78 is 20.2. The van der Waals surface area contributed by atoms with Gasteiger partial charge in [0, 0.05) is 6.54 Å². The van der Waals surface area contributed by atoms with E-state index in [1.165, 1.54) is 9.34 Å². The van der Waals surface area contributed by atoms with Crippen molar-refractivity contribution in [3.05, 3.63) is 0 Å². The number of likely N-dealkylation sites (N-methyl/N-ethyl adjacent to an activating group) is 1. The maximum absolute atomic E-state index is 12.1. The Morgan fingerprint density at radius 2 is 1.47 bits per heavy atom. The van der Waals surface area contributed by atoms with Gasteiger partial charge in [-0.2, -0.15) is 0 Å². The van der Waals surface area contributed by atoms with Crippen LogP contribution in [0.3, 0.4) is 0 Å². The molecule has 0 N–H and O–H groups in total. The monoisotopic (exact) mass is 239 g/mol. The Morgan fingerprint density at radius 3 is 1.80 bits per heavy atom. The first-order chi connectivity index (χ1) is 6.80. The molecule has 0 spiro atoms. The summed E-state index contributed by atoms with van der Waals surface area (Å²) in [5, 5.41) is 0. The molecule has 0 aliphatic carbocycles. The van der Waals surface area contributed by atoms with Crippen molar-refractivity contribution in [2.75, 3.05) is 55.4 Å². The van der Waals surface area contributed by atoms with E-state index in [-0.39, 0.29) is 0 Å². The van der Waals surface area contributed by atoms with Crippen molar-refractivity contribution in [2.24, 2.45) is 0 Å². The van der Waals surface area contributed by atoms with Gasteiger partial charge in [0.25, 0.3) is 0 Å². The molecule has 92 valence electrons. The van der Waals surface area contributed by atoms with E-state index in [0.717, 1.165) is 6.54 Å². The molecule has 0 unspecified atom stereocenters. The van der Waals surface area contributed by atoms with Crippen LogP contribution in [0.5, 0.6) is 0 Å². The highest BCUT2D eigenvalue weighted by Crippen LogP contribution is 2.50. The summed E-state index contributed by atoms with van der Waals surface area (Å²) in [4.78, 5) is 6.90. The van der Waals surface area contributed by atoms with E-state index < -0.39 is 7.67 Å². The average molecular weight is 239 g/mol. The van der Waals surface area contributed by atoms with Crippen LogP contribution in [0.15, 0.2) is 0 Å². The second-order valence-corrected chi connectivity index (χ2v) is 6.62. The van der Waals surface area contributed by atoms with E-state index in [1.54, 1.807) is 28.2 Å². The predicted octanol–water partition coefficient (Wildman–Crippen LogP) is 0.727. The highest BCUT2D eigenvalue weighted by molar-refractivity contribution is 7.53. The molecule has 0 heterocycles. The number of hydrogen-bond donors (Lipinski definition) is 0. The minimum atomic E-state index is -3.00. The fraction of sp³-hybridized carbons (Fsp3) is 1.00. The molecule has 0 atom stereocenters. The summed E-state index contributed by atoms with van der Waals surface area (Å²) in [7, 11) is 7.63. The van der Waals surface area contributed by atoms with Crippen molar-refractivity contribution >= 4 is 7.67 Å². The number of rotatable bonds is 7. The fourth-order valence-corrected chi connectivity index (χ4v) is 2.01. The van der Waals surface area contributed by atoms with E-state index in [0.29, 0.717) is 6.61 Å². The van der Waals surface area contributed by atoms with Gasteiger partial charge < -0.3 is 4.90 Å². The Balaban J connectivity index is 4.05. The van der Waals surface area contributed by atoms with Gasteiger partial charge in [0.05, 0.1) is 6.61 Å². The van der Waals surface area contributed by atoms with Crippen molar-refractivity contribution in [1.82, 2.24) is 14.2 Å². The Morgan fingerprint density at radius 1 is 1.00 bits per heavy atom. The highest BCUT2D eigenvalue weighted by atomic mass is 31.2. The van der Waals surface area contributed by atoms with Gasteiger partial charge in [-0.3, -0.25) is 4.57 Å². The van der Waals surface area contributed by atoms with Crippen LogP contribution in [0.4, 0.5) is 0 Å². The summed E-state index contributed by atoms with van der Waals surface area (Å²) in [6.45, 7) is 1.11. The summed E-state index contributed by atoms with van der Waals surface area (Å²) in [5.41, 5.74) is 0. The molecule has 0 aromatic rings. The summed E-state index contributed by atoms with van der Waals surface area (Å²) in [6.07, 6.45) is 0. The molecule has 0 saturated carbocycles. The van der Waals surface area contributed by atoms with E-state index in [9.17, 15) is 4.57 Å². The lowest BCUT2D eigenvalue weighted by Gasteiger charge is -2.28. The van der Waals surface area contributed by atoms with Gasteiger partial charge in [-0.25, -0.2) is 14.2 Å². The summed E-state index contributed by atoms with van der Waals surface area (Å²) in [6, 6.07) is 0. The molecule has 0 bridgehead atoms. The highest BCUT2D eigenvalue weighted by Gasteiger charge is 2.30. The second kappa shape index (κ2) is 6.58. The normalized spacial score (nSPS) is 13.1. The van der Waals surface area contributed by atoms with Gasteiger partial charge >= 0.3 is 7.67 Å². The van der Waals surface area contributed by atoms with E-state index in [2.05, 4.69) is 0 Å². The van der Waals surface area contributed by atoms with Gasteiger partial charge in [-0.1, -0.05) is 0 Å². The maximum Gasteiger partial charge on any atom is 0.372 e. The van der Waals surface area contributed by atoms with Crippen LogP contribution in [0.25, 0.3) is 0 Å². The molecule has 0 aromatic carbocycles. The van der Waals surface area contributed by atoms with Crippen molar-refractivity contribution in [3.63, 3.8) is 0 Å². The van der Waals surface area contributed by atoms with Crippen molar-refractivity contribution in [3.8, 4) is 0 Å². The van der Waals surface area contributed by atoms with Crippen LogP contribution in [0.1, 0.15) is 0 Å². The molecule has 6 nitrogen and oxygen atoms in total. The zero-order valence-corrected chi connectivity index (χ0v) is 11.3. The van der Waals surface area contributed by atoms with Crippen LogP contribution in [-0.4, -0.2) is 69.7 Å². The molecule has 7 heteroatoms. The van der Waals surface area contributed by atoms with Gasteiger partial charge in [0.1, 0.15) is 0 Å². The topological polar surface area (TPSA) is 45.3 Å². The molecule has 0 fully saturated rings. The van der Waals surface area contributed by atoms with Gasteiger partial charge in [-0.05, 0) is 42.3 Å². The standard InChI is InChI=1S/C8H22N3O3P/c1-9(2)7-8-13-14-15(12,10(3)4)11(5)6/h7-8H2,1-6H3. The molecule has 0 aliphatic heterocycles. The second-order valence-electron chi connectivity index (χ2n) is 3.88. The Hall–Kier alpha value is 0.0300. The molecular weight excluding hydrogens is 217 g/mol. The summed E-state index contributed by atoms with van der Waals surface area (Å²) in [5.74, 6) is 0. The SMILES string of the molecule is CN(C)CCOOP(=O)(N(C)C)N(C)C. The molecule has 0 aromatic heterocycles.